The van der Waals surface area contributed by atoms with E-state index in [0.29, 0.717) is 26.1 Å². The molecule has 7 nitrogen and oxygen atoms in total. The van der Waals surface area contributed by atoms with Crippen molar-refractivity contribution in [3.8, 4) is 11.5 Å². The van der Waals surface area contributed by atoms with Crippen molar-refractivity contribution in [1.82, 2.24) is 0 Å². The zero-order valence-corrected chi connectivity index (χ0v) is 15.9. The fraction of sp³-hybridized carbons (Fsp3) is 0.200. The first kappa shape index (κ1) is 18.3. The molecule has 0 aliphatic rings. The first-order valence-electron chi connectivity index (χ1n) is 6.82. The van der Waals surface area contributed by atoms with Gasteiger partial charge >= 0.3 is 0 Å². The van der Waals surface area contributed by atoms with Crippen molar-refractivity contribution in [2.45, 2.75) is 20.0 Å². The zero-order chi connectivity index (χ0) is 17.9. The van der Waals surface area contributed by atoms with Crippen molar-refractivity contribution in [2.24, 2.45) is 10.2 Å². The van der Waals surface area contributed by atoms with Gasteiger partial charge < -0.3 is 9.84 Å². The molecule has 24 heavy (non-hydrogen) atoms. The fourth-order valence-electron chi connectivity index (χ4n) is 1.77. The van der Waals surface area contributed by atoms with Crippen molar-refractivity contribution >= 4 is 48.9 Å². The summed E-state index contributed by atoms with van der Waals surface area (Å²) in [4.78, 5) is 10.3. The fourth-order valence-corrected chi connectivity index (χ4v) is 3.10. The van der Waals surface area contributed by atoms with E-state index >= 15 is 0 Å². The topological polar surface area (TPSA) is 97.3 Å². The van der Waals surface area contributed by atoms with Crippen molar-refractivity contribution in [2.75, 3.05) is 0 Å². The molecule has 0 fully saturated rings. The minimum Gasteiger partial charge on any atom is -0.504 e. The first-order valence-corrected chi connectivity index (χ1v) is 8.41. The number of halogens is 2. The Balaban J connectivity index is 2.33. The van der Waals surface area contributed by atoms with Crippen LogP contribution in [0.1, 0.15) is 13.8 Å². The van der Waals surface area contributed by atoms with Crippen LogP contribution in [0.4, 0.5) is 17.1 Å². The summed E-state index contributed by atoms with van der Waals surface area (Å²) in [5.74, 6) is 0.323. The van der Waals surface area contributed by atoms with Crippen molar-refractivity contribution < 1.29 is 14.8 Å². The number of azo groups is 1. The molecule has 1 N–H and O–H groups in total. The Kier molecular flexibility index (Phi) is 5.89. The van der Waals surface area contributed by atoms with E-state index in [1.807, 2.05) is 13.8 Å². The van der Waals surface area contributed by atoms with Crippen LogP contribution >= 0.6 is 31.9 Å². The molecular weight excluding hydrogens is 446 g/mol. The molecule has 0 saturated carbocycles. The molecule has 0 radical (unpaired) electrons. The highest BCUT2D eigenvalue weighted by molar-refractivity contribution is 9.11. The number of rotatable bonds is 5. The third kappa shape index (κ3) is 4.51. The van der Waals surface area contributed by atoms with Crippen LogP contribution in [0, 0.1) is 10.1 Å². The van der Waals surface area contributed by atoms with E-state index in [4.69, 9.17) is 4.74 Å². The second-order valence-electron chi connectivity index (χ2n) is 5.03. The van der Waals surface area contributed by atoms with Crippen molar-refractivity contribution in [3.05, 3.63) is 49.4 Å². The summed E-state index contributed by atoms with van der Waals surface area (Å²) in [5, 5.41) is 28.8. The van der Waals surface area contributed by atoms with Gasteiger partial charge in [-0.25, -0.2) is 0 Å². The number of nitro benzene ring substituents is 1. The molecule has 0 atom stereocenters. The van der Waals surface area contributed by atoms with Gasteiger partial charge in [-0.3, -0.25) is 10.1 Å². The second kappa shape index (κ2) is 7.71. The second-order valence-corrected chi connectivity index (χ2v) is 6.74. The van der Waals surface area contributed by atoms with Crippen LogP contribution in [0.3, 0.4) is 0 Å². The average Bonchev–Trinajstić information content (AvgIpc) is 2.48. The summed E-state index contributed by atoms with van der Waals surface area (Å²) in [6.07, 6.45) is -0.0962. The Morgan fingerprint density at radius 1 is 1.17 bits per heavy atom. The Bertz CT molecular complexity index is 786. The van der Waals surface area contributed by atoms with E-state index in [9.17, 15) is 15.2 Å². The molecule has 0 unspecified atom stereocenters. The molecule has 2 rings (SSSR count). The van der Waals surface area contributed by atoms with Crippen LogP contribution in [-0.4, -0.2) is 16.1 Å². The van der Waals surface area contributed by atoms with Gasteiger partial charge in [-0.05, 0) is 57.8 Å². The first-order chi connectivity index (χ1) is 11.3. The number of non-ortho nitro benzene ring substituents is 1. The third-order valence-electron chi connectivity index (χ3n) is 2.78. The van der Waals surface area contributed by atoms with E-state index in [1.54, 1.807) is 12.1 Å². The van der Waals surface area contributed by atoms with Gasteiger partial charge in [0.15, 0.2) is 11.5 Å². The summed E-state index contributed by atoms with van der Waals surface area (Å²) in [6, 6.07) is 7.31. The maximum atomic E-state index is 10.8. The molecule has 0 spiro atoms. The van der Waals surface area contributed by atoms with Gasteiger partial charge in [-0.1, -0.05) is 0 Å². The highest BCUT2D eigenvalue weighted by Crippen LogP contribution is 2.39. The number of ether oxygens (including phenoxy) is 1. The smallest absolute Gasteiger partial charge is 0.271 e. The van der Waals surface area contributed by atoms with Gasteiger partial charge in [0.2, 0.25) is 0 Å². The van der Waals surface area contributed by atoms with Gasteiger partial charge in [-0.2, -0.15) is 5.11 Å². The maximum Gasteiger partial charge on any atom is 0.271 e. The Morgan fingerprint density at radius 3 is 2.33 bits per heavy atom. The number of phenols is 1. The van der Waals surface area contributed by atoms with E-state index in [1.165, 1.54) is 18.2 Å². The van der Waals surface area contributed by atoms with Crippen LogP contribution in [0.15, 0.2) is 49.5 Å². The number of hydrogen-bond donors (Lipinski definition) is 1. The van der Waals surface area contributed by atoms with E-state index in [0.717, 1.165) is 0 Å². The summed E-state index contributed by atoms with van der Waals surface area (Å²) in [6.45, 7) is 3.69. The highest BCUT2D eigenvalue weighted by atomic mass is 79.9. The number of aromatic hydroxyl groups is 1. The summed E-state index contributed by atoms with van der Waals surface area (Å²) in [7, 11) is 0. The molecule has 9 heteroatoms. The molecular formula is C15H13Br2N3O4. The SMILES string of the molecule is CC(C)Oc1cc(N=Nc2c(Br)cc([N+](=O)[O-])cc2Br)ccc1O. The molecule has 0 aromatic heterocycles. The Labute approximate surface area is 154 Å². The minimum atomic E-state index is -0.494. The summed E-state index contributed by atoms with van der Waals surface area (Å²) >= 11 is 6.49. The number of phenolic OH excluding ortho intramolecular Hbond substituents is 1. The largest absolute Gasteiger partial charge is 0.504 e. The normalized spacial score (nSPS) is 11.2. The van der Waals surface area contributed by atoms with E-state index in [2.05, 4.69) is 42.1 Å². The molecule has 0 bridgehead atoms. The molecule has 0 aliphatic heterocycles. The molecule has 0 aliphatic carbocycles. The predicted molar refractivity (Wildman–Crippen MR) is 96.5 cm³/mol. The van der Waals surface area contributed by atoms with Crippen LogP contribution in [0.2, 0.25) is 0 Å². The lowest BCUT2D eigenvalue weighted by atomic mass is 10.3. The number of benzene rings is 2. The highest BCUT2D eigenvalue weighted by Gasteiger charge is 2.14. The minimum absolute atomic E-state index is 0.0142. The zero-order valence-electron chi connectivity index (χ0n) is 12.7. The monoisotopic (exact) mass is 457 g/mol. The van der Waals surface area contributed by atoms with Crippen LogP contribution in [-0.2, 0) is 0 Å². The maximum absolute atomic E-state index is 10.8. The average molecular weight is 459 g/mol. The molecule has 0 amide bonds. The third-order valence-corrected chi connectivity index (χ3v) is 3.99. The van der Waals surface area contributed by atoms with Gasteiger partial charge in [0.1, 0.15) is 5.69 Å². The molecule has 2 aromatic rings. The number of hydrogen-bond acceptors (Lipinski definition) is 6. The lowest BCUT2D eigenvalue weighted by Gasteiger charge is -2.11. The lowest BCUT2D eigenvalue weighted by molar-refractivity contribution is -0.385. The Morgan fingerprint density at radius 2 is 1.79 bits per heavy atom. The van der Waals surface area contributed by atoms with Gasteiger partial charge in [0.05, 0.1) is 25.7 Å². The standard InChI is InChI=1S/C15H13Br2N3O4/c1-8(2)24-14-5-9(3-4-13(14)21)18-19-15-11(16)6-10(20(22)23)7-12(15)17/h3-8,21H,1-2H3. The van der Waals surface area contributed by atoms with Crippen LogP contribution in [0.5, 0.6) is 11.5 Å². The van der Waals surface area contributed by atoms with Crippen LogP contribution in [0.25, 0.3) is 0 Å². The number of nitro groups is 1. The predicted octanol–water partition coefficient (Wildman–Crippen LogP) is 6.03. The quantitative estimate of drug-likeness (QED) is 0.336. The number of nitrogens with zero attached hydrogens (tertiary/aromatic N) is 3. The lowest BCUT2D eigenvalue weighted by Crippen LogP contribution is -2.05. The van der Waals surface area contributed by atoms with Gasteiger partial charge in [0.25, 0.3) is 5.69 Å². The van der Waals surface area contributed by atoms with Crippen LogP contribution < -0.4 is 4.74 Å². The molecule has 2 aromatic carbocycles. The molecule has 0 heterocycles. The molecule has 126 valence electrons. The summed E-state index contributed by atoms with van der Waals surface area (Å²) in [5.41, 5.74) is 0.825. The summed E-state index contributed by atoms with van der Waals surface area (Å²) < 4.78 is 6.35. The van der Waals surface area contributed by atoms with Crippen molar-refractivity contribution in [3.63, 3.8) is 0 Å². The van der Waals surface area contributed by atoms with E-state index < -0.39 is 4.92 Å². The molecule has 0 saturated heterocycles. The van der Waals surface area contributed by atoms with E-state index in [-0.39, 0.29) is 17.5 Å². The van der Waals surface area contributed by atoms with Gasteiger partial charge in [0, 0.05) is 18.2 Å². The Hall–Kier alpha value is -2.00. The van der Waals surface area contributed by atoms with Crippen molar-refractivity contribution in [1.29, 1.82) is 0 Å². The van der Waals surface area contributed by atoms with Gasteiger partial charge in [-0.15, -0.1) is 5.11 Å².